The Morgan fingerprint density at radius 2 is 2.04 bits per heavy atom. The number of carboxylic acid groups (broad SMARTS) is 1. The monoisotopic (exact) mass is 373 g/mol. The summed E-state index contributed by atoms with van der Waals surface area (Å²) in [5, 5.41) is 8.84. The lowest BCUT2D eigenvalue weighted by atomic mass is 10.1. The predicted octanol–water partition coefficient (Wildman–Crippen LogP) is 2.39. The van der Waals surface area contributed by atoms with Crippen LogP contribution in [-0.2, 0) is 14.3 Å². The lowest BCUT2D eigenvalue weighted by molar-refractivity contribution is -0.274. The van der Waals surface area contributed by atoms with Crippen molar-refractivity contribution in [2.45, 2.75) is 31.2 Å². The molecule has 3 rings (SSSR count). The van der Waals surface area contributed by atoms with Gasteiger partial charge in [-0.15, -0.1) is 13.2 Å². The molecule has 3 atom stereocenters. The van der Waals surface area contributed by atoms with Crippen LogP contribution in [0.25, 0.3) is 0 Å². The first kappa shape index (κ1) is 18.5. The third-order valence-corrected chi connectivity index (χ3v) is 4.50. The second kappa shape index (κ2) is 7.14. The van der Waals surface area contributed by atoms with E-state index in [1.165, 1.54) is 23.1 Å². The van der Waals surface area contributed by atoms with E-state index in [1.807, 2.05) is 0 Å². The van der Waals surface area contributed by atoms with Gasteiger partial charge in [-0.2, -0.15) is 0 Å². The van der Waals surface area contributed by atoms with Crippen molar-refractivity contribution in [1.29, 1.82) is 0 Å². The summed E-state index contributed by atoms with van der Waals surface area (Å²) >= 11 is 0. The van der Waals surface area contributed by atoms with E-state index < -0.39 is 24.4 Å². The Kier molecular flexibility index (Phi) is 5.08. The summed E-state index contributed by atoms with van der Waals surface area (Å²) < 4.78 is 47.0. The Morgan fingerprint density at radius 3 is 2.73 bits per heavy atom. The van der Waals surface area contributed by atoms with Gasteiger partial charge in [0.1, 0.15) is 5.75 Å². The number of alkyl halides is 3. The fourth-order valence-electron chi connectivity index (χ4n) is 3.29. The third kappa shape index (κ3) is 4.46. The molecule has 0 unspecified atom stereocenters. The molecule has 1 saturated heterocycles. The molecular formula is C17H18F3NO5. The van der Waals surface area contributed by atoms with Crippen molar-refractivity contribution < 1.29 is 37.3 Å². The molecule has 1 aliphatic carbocycles. The first-order valence-electron chi connectivity index (χ1n) is 8.21. The second-order valence-electron chi connectivity index (χ2n) is 6.41. The Bertz CT molecular complexity index is 693. The number of carbonyl (C=O) groups is 2. The highest BCUT2D eigenvalue weighted by molar-refractivity contribution is 5.83. The summed E-state index contributed by atoms with van der Waals surface area (Å²) in [6.07, 6.45) is -5.11. The van der Waals surface area contributed by atoms with Crippen molar-refractivity contribution in [2.75, 3.05) is 19.7 Å². The maximum absolute atomic E-state index is 12.6. The molecule has 1 amide bonds. The van der Waals surface area contributed by atoms with Crippen LogP contribution in [0, 0.1) is 5.92 Å². The van der Waals surface area contributed by atoms with E-state index in [2.05, 4.69) is 4.74 Å². The van der Waals surface area contributed by atoms with Gasteiger partial charge in [0, 0.05) is 19.0 Å². The number of hydrogen-bond acceptors (Lipinski definition) is 4. The van der Waals surface area contributed by atoms with E-state index in [-0.39, 0.29) is 37.1 Å². The van der Waals surface area contributed by atoms with Gasteiger partial charge in [0.15, 0.2) is 0 Å². The zero-order valence-electron chi connectivity index (χ0n) is 13.7. The summed E-state index contributed by atoms with van der Waals surface area (Å²) in [7, 11) is 0. The molecule has 1 heterocycles. The van der Waals surface area contributed by atoms with Gasteiger partial charge in [0.05, 0.1) is 19.1 Å². The van der Waals surface area contributed by atoms with Gasteiger partial charge in [-0.05, 0) is 24.0 Å². The Labute approximate surface area is 147 Å². The molecular weight excluding hydrogens is 355 g/mol. The van der Waals surface area contributed by atoms with Gasteiger partial charge < -0.3 is 19.5 Å². The van der Waals surface area contributed by atoms with E-state index in [0.29, 0.717) is 18.5 Å². The summed E-state index contributed by atoms with van der Waals surface area (Å²) in [5.74, 6) is -2.23. The van der Waals surface area contributed by atoms with Crippen LogP contribution in [-0.4, -0.2) is 54.0 Å². The number of ether oxygens (including phenoxy) is 2. The Hall–Kier alpha value is -2.29. The fourth-order valence-corrected chi connectivity index (χ4v) is 3.29. The summed E-state index contributed by atoms with van der Waals surface area (Å²) in [6.45, 7) is 0.767. The normalized spacial score (nSPS) is 25.7. The molecule has 1 aliphatic heterocycles. The molecule has 0 bridgehead atoms. The van der Waals surface area contributed by atoms with Crippen molar-refractivity contribution in [3.05, 3.63) is 29.8 Å². The molecule has 6 nitrogen and oxygen atoms in total. The standard InChI is InChI=1S/C17H18F3NO5/c18-17(19,20)26-14-4-2-1-3-11(14)12-8-13(12)16(24)21-5-6-25-10(9-21)7-15(22)23/h1-4,10,12-13H,5-9H2,(H,22,23)/t10-,12+,13+/m1/s1. The number of rotatable bonds is 5. The van der Waals surface area contributed by atoms with Crippen LogP contribution in [0.2, 0.25) is 0 Å². The number of carbonyl (C=O) groups excluding carboxylic acids is 1. The van der Waals surface area contributed by atoms with Gasteiger partial charge in [-0.25, -0.2) is 0 Å². The molecule has 1 saturated carbocycles. The van der Waals surface area contributed by atoms with Gasteiger partial charge in [0.25, 0.3) is 0 Å². The van der Waals surface area contributed by atoms with Crippen LogP contribution in [0.4, 0.5) is 13.2 Å². The highest BCUT2D eigenvalue weighted by Crippen LogP contribution is 2.51. The average molecular weight is 373 g/mol. The number of para-hydroxylation sites is 1. The molecule has 0 aromatic heterocycles. The minimum atomic E-state index is -4.79. The average Bonchev–Trinajstić information content (AvgIpc) is 3.33. The van der Waals surface area contributed by atoms with Crippen LogP contribution >= 0.6 is 0 Å². The number of aliphatic carboxylic acids is 1. The molecule has 2 aliphatic rings. The lowest BCUT2D eigenvalue weighted by Crippen LogP contribution is -2.47. The van der Waals surface area contributed by atoms with Crippen LogP contribution in [0.15, 0.2) is 24.3 Å². The van der Waals surface area contributed by atoms with Gasteiger partial charge in [0.2, 0.25) is 5.91 Å². The van der Waals surface area contributed by atoms with Crippen molar-refractivity contribution >= 4 is 11.9 Å². The molecule has 9 heteroatoms. The molecule has 0 radical (unpaired) electrons. The van der Waals surface area contributed by atoms with Gasteiger partial charge in [-0.1, -0.05) is 18.2 Å². The minimum Gasteiger partial charge on any atom is -0.481 e. The summed E-state index contributed by atoms with van der Waals surface area (Å²) in [6, 6.07) is 5.82. The fraction of sp³-hybridized carbons (Fsp3) is 0.529. The van der Waals surface area contributed by atoms with Gasteiger partial charge >= 0.3 is 12.3 Å². The van der Waals surface area contributed by atoms with Crippen LogP contribution < -0.4 is 4.74 Å². The molecule has 0 spiro atoms. The number of benzene rings is 1. The van der Waals surface area contributed by atoms with Crippen molar-refractivity contribution in [2.24, 2.45) is 5.92 Å². The van der Waals surface area contributed by atoms with Crippen molar-refractivity contribution in [3.8, 4) is 5.75 Å². The minimum absolute atomic E-state index is 0.176. The number of amides is 1. The lowest BCUT2D eigenvalue weighted by Gasteiger charge is -2.32. The smallest absolute Gasteiger partial charge is 0.481 e. The third-order valence-electron chi connectivity index (χ3n) is 4.50. The molecule has 2 fully saturated rings. The topological polar surface area (TPSA) is 76.1 Å². The Morgan fingerprint density at radius 1 is 1.31 bits per heavy atom. The molecule has 1 aromatic rings. The number of hydrogen-bond donors (Lipinski definition) is 1. The maximum atomic E-state index is 12.6. The van der Waals surface area contributed by atoms with E-state index in [4.69, 9.17) is 9.84 Å². The zero-order valence-corrected chi connectivity index (χ0v) is 13.7. The predicted molar refractivity (Wildman–Crippen MR) is 82.5 cm³/mol. The molecule has 142 valence electrons. The first-order valence-corrected chi connectivity index (χ1v) is 8.21. The second-order valence-corrected chi connectivity index (χ2v) is 6.41. The molecule has 26 heavy (non-hydrogen) atoms. The summed E-state index contributed by atoms with van der Waals surface area (Å²) in [4.78, 5) is 25.0. The van der Waals surface area contributed by atoms with E-state index in [9.17, 15) is 22.8 Å². The van der Waals surface area contributed by atoms with Gasteiger partial charge in [-0.3, -0.25) is 9.59 Å². The quantitative estimate of drug-likeness (QED) is 0.858. The zero-order chi connectivity index (χ0) is 18.9. The number of halogens is 3. The molecule has 1 N–H and O–H groups in total. The maximum Gasteiger partial charge on any atom is 0.573 e. The number of carboxylic acids is 1. The van der Waals surface area contributed by atoms with Crippen molar-refractivity contribution in [3.63, 3.8) is 0 Å². The number of morpholine rings is 1. The Balaban J connectivity index is 1.65. The SMILES string of the molecule is O=C(O)C[C@@H]1CN(C(=O)[C@H]2C[C@H]2c2ccccc2OC(F)(F)F)CCO1. The molecule has 1 aromatic carbocycles. The highest BCUT2D eigenvalue weighted by Gasteiger charge is 2.48. The van der Waals surface area contributed by atoms with Crippen LogP contribution in [0.1, 0.15) is 24.3 Å². The van der Waals surface area contributed by atoms with Crippen LogP contribution in [0.5, 0.6) is 5.75 Å². The highest BCUT2D eigenvalue weighted by atomic mass is 19.4. The van der Waals surface area contributed by atoms with Crippen LogP contribution in [0.3, 0.4) is 0 Å². The van der Waals surface area contributed by atoms with E-state index in [1.54, 1.807) is 6.07 Å². The summed E-state index contributed by atoms with van der Waals surface area (Å²) in [5.41, 5.74) is 0.360. The van der Waals surface area contributed by atoms with E-state index >= 15 is 0 Å². The number of nitrogens with zero attached hydrogens (tertiary/aromatic N) is 1. The van der Waals surface area contributed by atoms with E-state index in [0.717, 1.165) is 0 Å². The van der Waals surface area contributed by atoms with Crippen molar-refractivity contribution in [1.82, 2.24) is 4.90 Å². The largest absolute Gasteiger partial charge is 0.573 e. The first-order chi connectivity index (χ1) is 12.2.